The molecule has 1 saturated heterocycles. The van der Waals surface area contributed by atoms with Crippen LogP contribution in [0.4, 0.5) is 0 Å². The van der Waals surface area contributed by atoms with Gasteiger partial charge in [-0.2, -0.15) is 0 Å². The van der Waals surface area contributed by atoms with E-state index in [0.717, 1.165) is 135 Å². The number of allylic oxidation sites excluding steroid dienone is 19. The molecule has 84 heavy (non-hydrogen) atoms. The van der Waals surface area contributed by atoms with Crippen LogP contribution in [-0.2, 0) is 23.8 Å². The van der Waals surface area contributed by atoms with Gasteiger partial charge in [0.1, 0.15) is 24.4 Å². The van der Waals surface area contributed by atoms with Crippen molar-refractivity contribution in [2.75, 3.05) is 13.2 Å². The number of carbonyl (C=O) groups excluding carboxylic acids is 2. The van der Waals surface area contributed by atoms with E-state index in [1.54, 1.807) is 6.08 Å². The number of nitrogens with one attached hydrogen (secondary N) is 1. The topological polar surface area (TPSA) is 175 Å². The highest BCUT2D eigenvalue weighted by Gasteiger charge is 2.47. The first-order chi connectivity index (χ1) is 41.2. The molecule has 1 heterocycles. The maximum absolute atomic E-state index is 13.4. The van der Waals surface area contributed by atoms with Gasteiger partial charge in [-0.1, -0.05) is 264 Å². The average Bonchev–Trinajstić information content (AvgIpc) is 3.69. The lowest BCUT2D eigenvalue weighted by Gasteiger charge is -2.41. The molecule has 11 nitrogen and oxygen atoms in total. The van der Waals surface area contributed by atoms with E-state index in [2.05, 4.69) is 135 Å². The smallest absolute Gasteiger partial charge is 0.306 e. The SMILES string of the molecule is CC/C=C\C/C=C\C/C=C\C/C=C\C/C=C\C/C=C\CCCCCCCCCCC(=O)OC1C(OCC(NC(=O)C(O)CCCCC/C=C\C/C=C\C/C=C\CCCCC)C(O)/C=C/CCCCCCCCCCCC)OC(CO)C(O)C1O. The highest BCUT2D eigenvalue weighted by molar-refractivity contribution is 5.80. The molecule has 0 aromatic rings. The summed E-state index contributed by atoms with van der Waals surface area (Å²) in [4.78, 5) is 26.6. The summed E-state index contributed by atoms with van der Waals surface area (Å²) in [6, 6.07) is -1.05. The molecule has 0 aromatic carbocycles. The molecular weight excluding hydrogens is 1050 g/mol. The summed E-state index contributed by atoms with van der Waals surface area (Å²) in [6.07, 6.45) is 72.3. The lowest BCUT2D eigenvalue weighted by molar-refractivity contribution is -0.305. The largest absolute Gasteiger partial charge is 0.454 e. The van der Waals surface area contributed by atoms with E-state index in [9.17, 15) is 35.1 Å². The van der Waals surface area contributed by atoms with Crippen molar-refractivity contribution in [3.05, 3.63) is 122 Å². The lowest BCUT2D eigenvalue weighted by atomic mass is 9.99. The summed E-state index contributed by atoms with van der Waals surface area (Å²) in [5.74, 6) is -1.23. The Morgan fingerprint density at radius 2 is 0.857 bits per heavy atom. The molecule has 0 radical (unpaired) electrons. The van der Waals surface area contributed by atoms with E-state index < -0.39 is 67.4 Å². The fourth-order valence-corrected chi connectivity index (χ4v) is 9.78. The summed E-state index contributed by atoms with van der Waals surface area (Å²) in [6.45, 7) is 5.63. The van der Waals surface area contributed by atoms with Gasteiger partial charge in [0.15, 0.2) is 12.4 Å². The summed E-state index contributed by atoms with van der Waals surface area (Å²) in [5.41, 5.74) is 0. The Balaban J connectivity index is 2.61. The molecule has 1 rings (SSSR count). The van der Waals surface area contributed by atoms with E-state index in [4.69, 9.17) is 14.2 Å². The van der Waals surface area contributed by atoms with Gasteiger partial charge in [0.25, 0.3) is 0 Å². The first-order valence-electron chi connectivity index (χ1n) is 33.8. The standard InChI is InChI=1S/C73H123NO10/c1-4-7-10-13-16-19-22-25-27-29-30-31-32-33-34-35-36-37-38-39-41-43-46-49-52-55-58-61-68(78)84-71-70(80)69(79)67(62-75)83-73(71)82-63-64(65(76)59-56-53-50-47-44-24-21-18-15-12-9-6-3)74-72(81)66(77)60-57-54-51-48-45-42-40-28-26-23-20-17-14-11-8-5-2/h7,10,16-17,19-20,25-28,30-31,33-34,36-37,42,45,56,59,64-67,69-71,73,75-77,79-80H,4-6,8-9,11-15,18,21-24,29,32,35,38-41,43-44,46-55,57-58,60-63H2,1-3H3,(H,74,81)/b10-7-,19-16-,20-17-,27-25-,28-26-,31-30-,34-33-,37-36-,45-42-,59-56+. The van der Waals surface area contributed by atoms with Crippen LogP contribution in [0.5, 0.6) is 0 Å². The van der Waals surface area contributed by atoms with E-state index in [1.807, 2.05) is 6.08 Å². The van der Waals surface area contributed by atoms with Crippen molar-refractivity contribution in [1.29, 1.82) is 0 Å². The number of rotatable bonds is 56. The number of aliphatic hydroxyl groups excluding tert-OH is 5. The predicted molar refractivity (Wildman–Crippen MR) is 351 cm³/mol. The second-order valence-electron chi connectivity index (χ2n) is 22.8. The Morgan fingerprint density at radius 1 is 0.476 bits per heavy atom. The Morgan fingerprint density at radius 3 is 1.31 bits per heavy atom. The molecule has 0 aliphatic carbocycles. The summed E-state index contributed by atoms with van der Waals surface area (Å²) < 4.78 is 17.6. The molecular formula is C73H123NO10. The van der Waals surface area contributed by atoms with Gasteiger partial charge in [0.2, 0.25) is 5.91 Å². The number of hydrogen-bond acceptors (Lipinski definition) is 10. The van der Waals surface area contributed by atoms with E-state index >= 15 is 0 Å². The van der Waals surface area contributed by atoms with Gasteiger partial charge >= 0.3 is 5.97 Å². The third-order valence-electron chi connectivity index (χ3n) is 15.1. The minimum absolute atomic E-state index is 0.104. The van der Waals surface area contributed by atoms with Crippen molar-refractivity contribution in [2.45, 2.75) is 314 Å². The van der Waals surface area contributed by atoms with E-state index in [1.165, 1.54) is 83.5 Å². The lowest BCUT2D eigenvalue weighted by Crippen LogP contribution is -2.61. The highest BCUT2D eigenvalue weighted by Crippen LogP contribution is 2.26. The molecule has 8 atom stereocenters. The quantitative estimate of drug-likeness (QED) is 0.0195. The third-order valence-corrected chi connectivity index (χ3v) is 15.1. The molecule has 11 heteroatoms. The van der Waals surface area contributed by atoms with Gasteiger partial charge in [-0.05, 0) is 116 Å². The Labute approximate surface area is 512 Å². The molecule has 1 aliphatic rings. The van der Waals surface area contributed by atoms with E-state index in [0.29, 0.717) is 12.8 Å². The Bertz CT molecular complexity index is 1830. The molecule has 1 amide bonds. The number of carbonyl (C=O) groups is 2. The van der Waals surface area contributed by atoms with Crippen molar-refractivity contribution < 1.29 is 49.3 Å². The number of amides is 1. The van der Waals surface area contributed by atoms with Crippen molar-refractivity contribution in [3.63, 3.8) is 0 Å². The van der Waals surface area contributed by atoms with Crippen LogP contribution < -0.4 is 5.32 Å². The van der Waals surface area contributed by atoms with Crippen LogP contribution in [0.1, 0.15) is 265 Å². The molecule has 8 unspecified atom stereocenters. The number of unbranched alkanes of at least 4 members (excludes halogenated alkanes) is 24. The van der Waals surface area contributed by atoms with Crippen molar-refractivity contribution >= 4 is 11.9 Å². The van der Waals surface area contributed by atoms with Gasteiger partial charge in [0, 0.05) is 6.42 Å². The third kappa shape index (κ3) is 46.3. The Kier molecular flexibility index (Phi) is 55.2. The number of aliphatic hydroxyl groups is 5. The first-order valence-corrected chi connectivity index (χ1v) is 33.8. The summed E-state index contributed by atoms with van der Waals surface area (Å²) in [5, 5.41) is 57.1. The van der Waals surface area contributed by atoms with Crippen molar-refractivity contribution in [1.82, 2.24) is 5.32 Å². The summed E-state index contributed by atoms with van der Waals surface area (Å²) >= 11 is 0. The minimum Gasteiger partial charge on any atom is -0.454 e. The van der Waals surface area contributed by atoms with Crippen LogP contribution in [0.15, 0.2) is 122 Å². The number of esters is 1. The Hall–Kier alpha value is -3.94. The monoisotopic (exact) mass is 1170 g/mol. The van der Waals surface area contributed by atoms with E-state index in [-0.39, 0.29) is 19.4 Å². The molecule has 6 N–H and O–H groups in total. The zero-order valence-electron chi connectivity index (χ0n) is 53.2. The number of hydrogen-bond donors (Lipinski definition) is 6. The molecule has 1 aliphatic heterocycles. The fraction of sp³-hybridized carbons (Fsp3) is 0.699. The zero-order chi connectivity index (χ0) is 61.0. The van der Waals surface area contributed by atoms with Crippen LogP contribution in [-0.4, -0.2) is 99.6 Å². The van der Waals surface area contributed by atoms with Crippen molar-refractivity contribution in [2.24, 2.45) is 0 Å². The summed E-state index contributed by atoms with van der Waals surface area (Å²) in [7, 11) is 0. The van der Waals surface area contributed by atoms with Crippen LogP contribution in [0, 0.1) is 0 Å². The van der Waals surface area contributed by atoms with Crippen LogP contribution in [0.25, 0.3) is 0 Å². The maximum atomic E-state index is 13.4. The molecule has 0 bridgehead atoms. The average molecular weight is 1170 g/mol. The van der Waals surface area contributed by atoms with Gasteiger partial charge in [0.05, 0.1) is 25.4 Å². The van der Waals surface area contributed by atoms with Crippen LogP contribution in [0.2, 0.25) is 0 Å². The minimum atomic E-state index is -1.63. The second-order valence-corrected chi connectivity index (χ2v) is 22.8. The molecule has 0 aromatic heterocycles. The van der Waals surface area contributed by atoms with Gasteiger partial charge < -0.3 is 45.1 Å². The predicted octanol–water partition coefficient (Wildman–Crippen LogP) is 17.0. The maximum Gasteiger partial charge on any atom is 0.306 e. The highest BCUT2D eigenvalue weighted by atomic mass is 16.7. The molecule has 1 fully saturated rings. The molecule has 480 valence electrons. The number of ether oxygens (including phenoxy) is 3. The van der Waals surface area contributed by atoms with Crippen LogP contribution >= 0.6 is 0 Å². The first kappa shape index (κ1) is 78.1. The normalized spacial score (nSPS) is 19.3. The molecule has 0 saturated carbocycles. The van der Waals surface area contributed by atoms with Gasteiger partial charge in [-0.15, -0.1) is 0 Å². The van der Waals surface area contributed by atoms with Crippen LogP contribution in [0.3, 0.4) is 0 Å². The fourth-order valence-electron chi connectivity index (χ4n) is 9.78. The second kappa shape index (κ2) is 59.4. The zero-order valence-corrected chi connectivity index (χ0v) is 53.2. The van der Waals surface area contributed by atoms with Gasteiger partial charge in [-0.25, -0.2) is 0 Å². The molecule has 0 spiro atoms. The van der Waals surface area contributed by atoms with Crippen molar-refractivity contribution in [3.8, 4) is 0 Å². The van der Waals surface area contributed by atoms with Gasteiger partial charge in [-0.3, -0.25) is 9.59 Å².